The summed E-state index contributed by atoms with van der Waals surface area (Å²) in [5, 5.41) is 0. The van der Waals surface area contributed by atoms with E-state index in [2.05, 4.69) is 0 Å². The van der Waals surface area contributed by atoms with Crippen molar-refractivity contribution in [2.24, 2.45) is 0 Å². The minimum Gasteiger partial charge on any atom is -0.497 e. The first kappa shape index (κ1) is 14.8. The first-order valence-electron chi connectivity index (χ1n) is 7.50. The SMILES string of the molecule is COc1ccc(N2c3ccccc3S(=O)(=O)c3ccccc32)cc1. The van der Waals surface area contributed by atoms with Crippen LogP contribution in [0.2, 0.25) is 0 Å². The Morgan fingerprint density at radius 1 is 0.750 bits per heavy atom. The number of benzene rings is 3. The number of fused-ring (bicyclic) bond motifs is 2. The molecule has 3 aromatic rings. The Morgan fingerprint density at radius 2 is 1.25 bits per heavy atom. The molecule has 0 atom stereocenters. The van der Waals surface area contributed by atoms with Crippen LogP contribution in [0, 0.1) is 0 Å². The fourth-order valence-corrected chi connectivity index (χ4v) is 4.62. The molecule has 0 N–H and O–H groups in total. The second-order valence-electron chi connectivity index (χ2n) is 5.47. The maximum absolute atomic E-state index is 12.9. The summed E-state index contributed by atoms with van der Waals surface area (Å²) in [6.45, 7) is 0. The third kappa shape index (κ3) is 2.09. The molecule has 24 heavy (non-hydrogen) atoms. The Morgan fingerprint density at radius 3 is 1.75 bits per heavy atom. The summed E-state index contributed by atoms with van der Waals surface area (Å²) in [5.74, 6) is 0.755. The second-order valence-corrected chi connectivity index (χ2v) is 7.36. The summed E-state index contributed by atoms with van der Waals surface area (Å²) in [6, 6.07) is 21.7. The van der Waals surface area contributed by atoms with Crippen molar-refractivity contribution >= 4 is 26.9 Å². The molecule has 0 unspecified atom stereocenters. The van der Waals surface area contributed by atoms with Gasteiger partial charge in [-0.05, 0) is 48.5 Å². The van der Waals surface area contributed by atoms with Gasteiger partial charge in [-0.15, -0.1) is 0 Å². The average Bonchev–Trinajstić information content (AvgIpc) is 2.63. The van der Waals surface area contributed by atoms with E-state index in [4.69, 9.17) is 4.74 Å². The number of methoxy groups -OCH3 is 1. The number of hydrogen-bond acceptors (Lipinski definition) is 4. The number of rotatable bonds is 2. The minimum atomic E-state index is -3.52. The molecule has 0 spiro atoms. The molecule has 5 heteroatoms. The smallest absolute Gasteiger partial charge is 0.210 e. The van der Waals surface area contributed by atoms with Gasteiger partial charge in [-0.3, -0.25) is 0 Å². The maximum Gasteiger partial charge on any atom is 0.210 e. The summed E-state index contributed by atoms with van der Waals surface area (Å²) in [7, 11) is -1.90. The van der Waals surface area contributed by atoms with E-state index in [1.807, 2.05) is 53.4 Å². The Bertz CT molecular complexity index is 957. The molecular formula is C19H15NO3S. The van der Waals surface area contributed by atoms with E-state index in [1.54, 1.807) is 31.4 Å². The largest absolute Gasteiger partial charge is 0.497 e. The molecule has 1 aliphatic heterocycles. The van der Waals surface area contributed by atoms with Crippen LogP contribution in [-0.2, 0) is 9.84 Å². The van der Waals surface area contributed by atoms with Crippen LogP contribution >= 0.6 is 0 Å². The Hall–Kier alpha value is -2.79. The van der Waals surface area contributed by atoms with Gasteiger partial charge in [0.2, 0.25) is 9.84 Å². The Balaban J connectivity index is 2.01. The normalized spacial score (nSPS) is 14.6. The van der Waals surface area contributed by atoms with E-state index < -0.39 is 9.84 Å². The fourth-order valence-electron chi connectivity index (χ4n) is 3.00. The van der Waals surface area contributed by atoms with Gasteiger partial charge in [-0.2, -0.15) is 0 Å². The predicted octanol–water partition coefficient (Wildman–Crippen LogP) is 4.31. The molecular weight excluding hydrogens is 322 g/mol. The molecule has 1 aliphatic rings. The molecule has 0 fully saturated rings. The fraction of sp³-hybridized carbons (Fsp3) is 0.0526. The number of nitrogens with zero attached hydrogens (tertiary/aromatic N) is 1. The van der Waals surface area contributed by atoms with Crippen molar-refractivity contribution in [3.8, 4) is 5.75 Å². The molecule has 0 bridgehead atoms. The van der Waals surface area contributed by atoms with Gasteiger partial charge in [0.05, 0.1) is 28.3 Å². The van der Waals surface area contributed by atoms with Crippen LogP contribution < -0.4 is 9.64 Å². The Kier molecular flexibility index (Phi) is 3.32. The van der Waals surface area contributed by atoms with Gasteiger partial charge in [-0.1, -0.05) is 24.3 Å². The minimum absolute atomic E-state index is 0.319. The Labute approximate surface area is 140 Å². The molecule has 120 valence electrons. The molecule has 1 heterocycles. The molecule has 4 rings (SSSR count). The molecule has 0 saturated carbocycles. The van der Waals surface area contributed by atoms with Crippen LogP contribution in [-0.4, -0.2) is 15.5 Å². The third-order valence-electron chi connectivity index (χ3n) is 4.12. The highest BCUT2D eigenvalue weighted by Crippen LogP contribution is 2.47. The van der Waals surface area contributed by atoms with Crippen molar-refractivity contribution < 1.29 is 13.2 Å². The van der Waals surface area contributed by atoms with Gasteiger partial charge in [0, 0.05) is 5.69 Å². The monoisotopic (exact) mass is 337 g/mol. The van der Waals surface area contributed by atoms with Crippen molar-refractivity contribution in [2.45, 2.75) is 9.79 Å². The predicted molar refractivity (Wildman–Crippen MR) is 93.1 cm³/mol. The molecule has 0 aliphatic carbocycles. The number of ether oxygens (including phenoxy) is 1. The van der Waals surface area contributed by atoms with Crippen LogP contribution in [0.25, 0.3) is 0 Å². The maximum atomic E-state index is 12.9. The van der Waals surface area contributed by atoms with Gasteiger partial charge in [-0.25, -0.2) is 8.42 Å². The van der Waals surface area contributed by atoms with Crippen LogP contribution in [0.3, 0.4) is 0 Å². The number of anilines is 3. The highest BCUT2D eigenvalue weighted by atomic mass is 32.2. The third-order valence-corrected chi connectivity index (χ3v) is 5.97. The lowest BCUT2D eigenvalue weighted by Gasteiger charge is -2.32. The topological polar surface area (TPSA) is 46.6 Å². The van der Waals surface area contributed by atoms with Crippen LogP contribution in [0.15, 0.2) is 82.6 Å². The van der Waals surface area contributed by atoms with Gasteiger partial charge in [0.25, 0.3) is 0 Å². The van der Waals surface area contributed by atoms with E-state index in [0.29, 0.717) is 21.2 Å². The van der Waals surface area contributed by atoms with Crippen LogP contribution in [0.1, 0.15) is 0 Å². The highest BCUT2D eigenvalue weighted by molar-refractivity contribution is 7.92. The standard InChI is InChI=1S/C19H15NO3S/c1-23-15-12-10-14(11-13-15)20-16-6-2-4-8-18(16)24(21,22)19-9-5-3-7-17(19)20/h2-13H,1H3. The van der Waals surface area contributed by atoms with Crippen molar-refractivity contribution in [2.75, 3.05) is 12.0 Å². The zero-order chi connectivity index (χ0) is 16.7. The molecule has 0 saturated heterocycles. The lowest BCUT2D eigenvalue weighted by molar-refractivity contribution is 0.415. The van der Waals surface area contributed by atoms with E-state index in [9.17, 15) is 8.42 Å². The first-order chi connectivity index (χ1) is 11.6. The number of sulfone groups is 1. The van der Waals surface area contributed by atoms with Crippen LogP contribution in [0.5, 0.6) is 5.75 Å². The van der Waals surface area contributed by atoms with Gasteiger partial charge in [0.1, 0.15) is 5.75 Å². The second kappa shape index (κ2) is 5.39. The van der Waals surface area contributed by atoms with E-state index in [0.717, 1.165) is 11.4 Å². The van der Waals surface area contributed by atoms with E-state index in [-0.39, 0.29) is 0 Å². The molecule has 0 amide bonds. The zero-order valence-electron chi connectivity index (χ0n) is 13.0. The van der Waals surface area contributed by atoms with Crippen molar-refractivity contribution in [3.63, 3.8) is 0 Å². The van der Waals surface area contributed by atoms with E-state index in [1.165, 1.54) is 0 Å². The lowest BCUT2D eigenvalue weighted by Crippen LogP contribution is -2.21. The summed E-state index contributed by atoms with van der Waals surface area (Å²) in [6.07, 6.45) is 0. The zero-order valence-corrected chi connectivity index (χ0v) is 13.8. The van der Waals surface area contributed by atoms with Crippen molar-refractivity contribution in [3.05, 3.63) is 72.8 Å². The summed E-state index contributed by atoms with van der Waals surface area (Å²) in [4.78, 5) is 2.60. The van der Waals surface area contributed by atoms with Gasteiger partial charge < -0.3 is 9.64 Å². The quantitative estimate of drug-likeness (QED) is 0.547. The van der Waals surface area contributed by atoms with Gasteiger partial charge >= 0.3 is 0 Å². The molecule has 3 aromatic carbocycles. The van der Waals surface area contributed by atoms with Crippen LogP contribution in [0.4, 0.5) is 17.1 Å². The molecule has 4 nitrogen and oxygen atoms in total. The summed E-state index contributed by atoms with van der Waals surface area (Å²) in [5.41, 5.74) is 2.19. The lowest BCUT2D eigenvalue weighted by atomic mass is 10.2. The first-order valence-corrected chi connectivity index (χ1v) is 8.98. The summed E-state index contributed by atoms with van der Waals surface area (Å²) >= 11 is 0. The molecule has 0 aromatic heterocycles. The molecule has 0 radical (unpaired) electrons. The number of hydrogen-bond donors (Lipinski definition) is 0. The van der Waals surface area contributed by atoms with Crippen molar-refractivity contribution in [1.29, 1.82) is 0 Å². The summed E-state index contributed by atoms with van der Waals surface area (Å²) < 4.78 is 31.1. The van der Waals surface area contributed by atoms with Crippen molar-refractivity contribution in [1.82, 2.24) is 0 Å². The van der Waals surface area contributed by atoms with E-state index >= 15 is 0 Å². The average molecular weight is 337 g/mol. The highest BCUT2D eigenvalue weighted by Gasteiger charge is 2.34. The number of para-hydroxylation sites is 2. The van der Waals surface area contributed by atoms with Gasteiger partial charge in [0.15, 0.2) is 0 Å².